The summed E-state index contributed by atoms with van der Waals surface area (Å²) in [5.41, 5.74) is 2.43. The van der Waals surface area contributed by atoms with E-state index in [0.29, 0.717) is 12.5 Å². The first kappa shape index (κ1) is 20.8. The van der Waals surface area contributed by atoms with Crippen molar-refractivity contribution in [3.8, 4) is 0 Å². The number of carbonyl (C=O) groups excluding carboxylic acids is 1. The van der Waals surface area contributed by atoms with Crippen molar-refractivity contribution in [2.24, 2.45) is 5.92 Å². The van der Waals surface area contributed by atoms with E-state index in [1.54, 1.807) is 0 Å². The molecule has 0 aliphatic rings. The van der Waals surface area contributed by atoms with Crippen molar-refractivity contribution in [2.75, 3.05) is 6.54 Å². The molecule has 0 aromatic heterocycles. The van der Waals surface area contributed by atoms with Crippen LogP contribution in [0.1, 0.15) is 44.7 Å². The molecule has 0 spiro atoms. The van der Waals surface area contributed by atoms with Gasteiger partial charge >= 0.3 is 7.82 Å². The molecular weight excluding hydrogens is 305 g/mol. The van der Waals surface area contributed by atoms with Crippen LogP contribution in [0, 0.1) is 5.92 Å². The van der Waals surface area contributed by atoms with Gasteiger partial charge in [-0.25, -0.2) is 4.57 Å². The topological polar surface area (TPSA) is 107 Å². The fourth-order valence-electron chi connectivity index (χ4n) is 1.89. The molecule has 0 radical (unpaired) electrons. The Bertz CT molecular complexity index is 487. The highest BCUT2D eigenvalue weighted by Gasteiger charge is 2.13. The van der Waals surface area contributed by atoms with Crippen molar-refractivity contribution in [3.05, 3.63) is 35.4 Å². The summed E-state index contributed by atoms with van der Waals surface area (Å²) < 4.78 is 8.88. The van der Waals surface area contributed by atoms with Gasteiger partial charge in [0.05, 0.1) is 5.92 Å². The van der Waals surface area contributed by atoms with Crippen LogP contribution < -0.4 is 5.32 Å². The molecule has 1 unspecified atom stereocenters. The van der Waals surface area contributed by atoms with Crippen molar-refractivity contribution < 1.29 is 24.0 Å². The highest BCUT2D eigenvalue weighted by atomic mass is 31.2. The lowest BCUT2D eigenvalue weighted by molar-refractivity contribution is -0.122. The van der Waals surface area contributed by atoms with E-state index in [1.807, 2.05) is 13.8 Å². The Labute approximate surface area is 131 Å². The lowest BCUT2D eigenvalue weighted by Gasteiger charge is -2.12. The fourth-order valence-corrected chi connectivity index (χ4v) is 1.89. The maximum absolute atomic E-state index is 11.7. The Balaban J connectivity index is 0.000000763. The molecule has 4 N–H and O–H groups in total. The lowest BCUT2D eigenvalue weighted by Crippen LogP contribution is -2.27. The van der Waals surface area contributed by atoms with E-state index in [2.05, 4.69) is 43.4 Å². The maximum Gasteiger partial charge on any atom is 0.466 e. The number of likely N-dealkylation sites (N-methyl/N-ethyl adjacent to an activating group) is 1. The fraction of sp³-hybridized carbons (Fsp3) is 0.533. The first-order chi connectivity index (χ1) is 10.0. The number of hydrogen-bond donors (Lipinski definition) is 4. The van der Waals surface area contributed by atoms with Gasteiger partial charge in [0.1, 0.15) is 0 Å². The molecule has 0 saturated carbocycles. The average molecular weight is 331 g/mol. The van der Waals surface area contributed by atoms with E-state index in [0.717, 1.165) is 12.0 Å². The Kier molecular flexibility index (Phi) is 9.21. The highest BCUT2D eigenvalue weighted by Crippen LogP contribution is 2.25. The Morgan fingerprint density at radius 1 is 1.14 bits per heavy atom. The summed E-state index contributed by atoms with van der Waals surface area (Å²) in [6.07, 6.45) is 1.09. The van der Waals surface area contributed by atoms with Gasteiger partial charge in [-0.15, -0.1) is 0 Å². The molecule has 7 heteroatoms. The normalized spacial score (nSPS) is 12.4. The first-order valence-corrected chi connectivity index (χ1v) is 8.76. The van der Waals surface area contributed by atoms with Crippen LogP contribution in [-0.4, -0.2) is 27.1 Å². The molecule has 6 nitrogen and oxygen atoms in total. The maximum atomic E-state index is 11.7. The number of rotatable bonds is 5. The van der Waals surface area contributed by atoms with E-state index < -0.39 is 7.82 Å². The minimum atomic E-state index is -4.64. The second-order valence-electron chi connectivity index (χ2n) is 5.47. The molecule has 1 aromatic rings. The SMILES string of the molecule is CCNC(=O)C(C)c1ccc(CC(C)C)cc1.O=P(O)(O)O. The molecule has 1 amide bonds. The Morgan fingerprint density at radius 3 is 1.95 bits per heavy atom. The van der Waals surface area contributed by atoms with E-state index in [4.69, 9.17) is 19.2 Å². The third-order valence-corrected chi connectivity index (χ3v) is 2.87. The van der Waals surface area contributed by atoms with E-state index in [9.17, 15) is 4.79 Å². The van der Waals surface area contributed by atoms with E-state index in [1.165, 1.54) is 5.56 Å². The molecule has 0 aliphatic heterocycles. The highest BCUT2D eigenvalue weighted by molar-refractivity contribution is 7.45. The molecule has 1 aromatic carbocycles. The minimum absolute atomic E-state index is 0.0666. The van der Waals surface area contributed by atoms with Crippen LogP contribution in [0.3, 0.4) is 0 Å². The predicted octanol–water partition coefficient (Wildman–Crippen LogP) is 2.20. The first-order valence-electron chi connectivity index (χ1n) is 7.19. The van der Waals surface area contributed by atoms with Gasteiger partial charge in [0.2, 0.25) is 5.91 Å². The van der Waals surface area contributed by atoms with Gasteiger partial charge in [0.15, 0.2) is 0 Å². The molecule has 0 aliphatic carbocycles. The van der Waals surface area contributed by atoms with Gasteiger partial charge in [-0.1, -0.05) is 38.1 Å². The van der Waals surface area contributed by atoms with Crippen molar-refractivity contribution in [3.63, 3.8) is 0 Å². The number of carbonyl (C=O) groups is 1. The summed E-state index contributed by atoms with van der Waals surface area (Å²) in [5.74, 6) is 0.703. The van der Waals surface area contributed by atoms with Gasteiger partial charge < -0.3 is 20.0 Å². The van der Waals surface area contributed by atoms with Crippen molar-refractivity contribution in [1.82, 2.24) is 5.32 Å². The van der Waals surface area contributed by atoms with Crippen LogP contribution in [0.15, 0.2) is 24.3 Å². The molecule has 22 heavy (non-hydrogen) atoms. The number of hydrogen-bond acceptors (Lipinski definition) is 2. The zero-order chi connectivity index (χ0) is 17.3. The van der Waals surface area contributed by atoms with Crippen molar-refractivity contribution in [2.45, 2.75) is 40.0 Å². The van der Waals surface area contributed by atoms with Gasteiger partial charge in [-0.2, -0.15) is 0 Å². The quantitative estimate of drug-likeness (QED) is 0.619. The lowest BCUT2D eigenvalue weighted by atomic mass is 9.96. The zero-order valence-corrected chi connectivity index (χ0v) is 14.4. The number of nitrogens with one attached hydrogen (secondary N) is 1. The molecule has 126 valence electrons. The molecule has 1 atom stereocenters. The minimum Gasteiger partial charge on any atom is -0.356 e. The number of phosphoric acid groups is 1. The van der Waals surface area contributed by atoms with Crippen molar-refractivity contribution in [1.29, 1.82) is 0 Å². The van der Waals surface area contributed by atoms with Crippen LogP contribution in [-0.2, 0) is 15.8 Å². The number of benzene rings is 1. The van der Waals surface area contributed by atoms with Crippen molar-refractivity contribution >= 4 is 13.7 Å². The molecule has 1 rings (SSSR count). The predicted molar refractivity (Wildman–Crippen MR) is 86.3 cm³/mol. The molecule has 0 saturated heterocycles. The Morgan fingerprint density at radius 2 is 1.59 bits per heavy atom. The summed E-state index contributed by atoms with van der Waals surface area (Å²) in [4.78, 5) is 33.3. The van der Waals surface area contributed by atoms with Gasteiger partial charge in [-0.3, -0.25) is 4.79 Å². The standard InChI is InChI=1S/C15H23NO.H3O4P/c1-5-16-15(17)12(4)14-8-6-13(7-9-14)10-11(2)3;1-5(2,3)4/h6-9,11-12H,5,10H2,1-4H3,(H,16,17);(H3,1,2,3,4). The third kappa shape index (κ3) is 10.5. The summed E-state index contributed by atoms with van der Waals surface area (Å²) in [6.45, 7) is 9.00. The second kappa shape index (κ2) is 9.74. The van der Waals surface area contributed by atoms with Gasteiger partial charge in [0.25, 0.3) is 0 Å². The third-order valence-electron chi connectivity index (χ3n) is 2.87. The molecule has 0 heterocycles. The van der Waals surface area contributed by atoms with Gasteiger partial charge in [0, 0.05) is 6.54 Å². The van der Waals surface area contributed by atoms with Crippen LogP contribution in [0.2, 0.25) is 0 Å². The monoisotopic (exact) mass is 331 g/mol. The zero-order valence-electron chi connectivity index (χ0n) is 13.5. The van der Waals surface area contributed by atoms with Crippen LogP contribution in [0.4, 0.5) is 0 Å². The summed E-state index contributed by atoms with van der Waals surface area (Å²) in [5, 5.41) is 2.85. The smallest absolute Gasteiger partial charge is 0.356 e. The van der Waals surface area contributed by atoms with Crippen LogP contribution >= 0.6 is 7.82 Å². The average Bonchev–Trinajstić information content (AvgIpc) is 2.36. The second-order valence-corrected chi connectivity index (χ2v) is 6.50. The van der Waals surface area contributed by atoms with Gasteiger partial charge in [-0.05, 0) is 37.3 Å². The Hall–Kier alpha value is -1.20. The van der Waals surface area contributed by atoms with E-state index >= 15 is 0 Å². The van der Waals surface area contributed by atoms with E-state index in [-0.39, 0.29) is 11.8 Å². The number of amides is 1. The van der Waals surface area contributed by atoms with Crippen LogP contribution in [0.25, 0.3) is 0 Å². The summed E-state index contributed by atoms with van der Waals surface area (Å²) in [6, 6.07) is 8.39. The molecule has 0 bridgehead atoms. The summed E-state index contributed by atoms with van der Waals surface area (Å²) in [7, 11) is -4.64. The molecule has 0 fully saturated rings. The largest absolute Gasteiger partial charge is 0.466 e. The summed E-state index contributed by atoms with van der Waals surface area (Å²) >= 11 is 0. The van der Waals surface area contributed by atoms with Crippen LogP contribution in [0.5, 0.6) is 0 Å². The molecular formula is C15H26NO5P.